The molecule has 0 aliphatic rings. The molecular weight excluding hydrogens is 224 g/mol. The number of hydrogen-bond acceptors (Lipinski definition) is 5. The Hall–Kier alpha value is -1.30. The van der Waals surface area contributed by atoms with Gasteiger partial charge in [-0.2, -0.15) is 0 Å². The second kappa shape index (κ2) is 5.86. The van der Waals surface area contributed by atoms with Crippen LogP contribution >= 0.6 is 0 Å². The Morgan fingerprint density at radius 3 is 1.53 bits per heavy atom. The van der Waals surface area contributed by atoms with Crippen LogP contribution in [0.2, 0.25) is 0 Å². The number of rotatable bonds is 8. The molecule has 0 rings (SSSR count). The molecule has 0 saturated carbocycles. The van der Waals surface area contributed by atoms with Crippen molar-refractivity contribution in [3.8, 4) is 0 Å². The van der Waals surface area contributed by atoms with Crippen molar-refractivity contribution < 1.29 is 24.5 Å². The summed E-state index contributed by atoms with van der Waals surface area (Å²) < 4.78 is 4.90. The fraction of sp³-hybridized carbons (Fsp3) is 0.500. The molecule has 0 aliphatic heterocycles. The Morgan fingerprint density at radius 2 is 1.35 bits per heavy atom. The van der Waals surface area contributed by atoms with Crippen LogP contribution in [0.5, 0.6) is 0 Å². The number of ether oxygens (including phenoxy) is 1. The van der Waals surface area contributed by atoms with Crippen LogP contribution < -0.4 is 0 Å². The van der Waals surface area contributed by atoms with E-state index in [0.29, 0.717) is 0 Å². The van der Waals surface area contributed by atoms with E-state index in [4.69, 9.17) is 4.74 Å². The molecule has 2 atom stereocenters. The van der Waals surface area contributed by atoms with E-state index in [-0.39, 0.29) is 12.8 Å². The highest BCUT2D eigenvalue weighted by Crippen LogP contribution is 2.25. The number of hydrogen-bond donors (Lipinski definition) is 2. The molecule has 0 bridgehead atoms. The van der Waals surface area contributed by atoms with Gasteiger partial charge in [0.1, 0.15) is 0 Å². The smallest absolute Gasteiger partial charge is 0.233 e. The number of carbonyl (C=O) groups excluding carboxylic acids is 2. The number of ketones is 2. The third-order valence-corrected chi connectivity index (χ3v) is 2.44. The monoisotopic (exact) mass is 242 g/mol. The molecule has 96 valence electrons. The topological polar surface area (TPSA) is 83.8 Å². The van der Waals surface area contributed by atoms with E-state index in [2.05, 4.69) is 13.2 Å². The Morgan fingerprint density at radius 1 is 1.06 bits per heavy atom. The lowest BCUT2D eigenvalue weighted by atomic mass is 10.0. The summed E-state index contributed by atoms with van der Waals surface area (Å²) in [6.45, 7) is 9.40. The van der Waals surface area contributed by atoms with Gasteiger partial charge < -0.3 is 14.9 Å². The molecule has 0 fully saturated rings. The molecule has 0 spiro atoms. The van der Waals surface area contributed by atoms with Gasteiger partial charge in [0.05, 0.1) is 0 Å². The molecule has 2 N–H and O–H groups in total. The zero-order chi connectivity index (χ0) is 13.7. The van der Waals surface area contributed by atoms with Crippen molar-refractivity contribution in [2.75, 3.05) is 0 Å². The summed E-state index contributed by atoms with van der Waals surface area (Å²) in [5, 5.41) is 19.8. The molecule has 0 aliphatic carbocycles. The lowest BCUT2D eigenvalue weighted by molar-refractivity contribution is -0.301. The van der Waals surface area contributed by atoms with Crippen molar-refractivity contribution in [1.29, 1.82) is 0 Å². The van der Waals surface area contributed by atoms with Gasteiger partial charge in [0, 0.05) is 12.8 Å². The van der Waals surface area contributed by atoms with E-state index in [9.17, 15) is 19.8 Å². The molecular formula is C12H18O5. The maximum Gasteiger partial charge on any atom is 0.233 e. The highest BCUT2D eigenvalue weighted by Gasteiger charge is 2.45. The fourth-order valence-corrected chi connectivity index (χ4v) is 1.19. The van der Waals surface area contributed by atoms with Gasteiger partial charge in [0.15, 0.2) is 0 Å². The SMILES string of the molecule is C=CC(=O)C(O)(CC)OC(O)(CC)C(=O)C=C. The van der Waals surface area contributed by atoms with Crippen molar-refractivity contribution in [3.05, 3.63) is 25.3 Å². The third kappa shape index (κ3) is 3.33. The third-order valence-electron chi connectivity index (χ3n) is 2.44. The van der Waals surface area contributed by atoms with Gasteiger partial charge in [-0.15, -0.1) is 0 Å². The Bertz CT molecular complexity index is 304. The van der Waals surface area contributed by atoms with Crippen molar-refractivity contribution >= 4 is 11.6 Å². The minimum Gasteiger partial charge on any atom is -0.359 e. The van der Waals surface area contributed by atoms with Gasteiger partial charge in [0.2, 0.25) is 23.1 Å². The van der Waals surface area contributed by atoms with E-state index >= 15 is 0 Å². The van der Waals surface area contributed by atoms with Crippen LogP contribution in [0.25, 0.3) is 0 Å². The van der Waals surface area contributed by atoms with Crippen LogP contribution in [0.3, 0.4) is 0 Å². The maximum absolute atomic E-state index is 11.4. The zero-order valence-corrected chi connectivity index (χ0v) is 10.1. The van der Waals surface area contributed by atoms with E-state index in [1.807, 2.05) is 0 Å². The molecule has 5 nitrogen and oxygen atoms in total. The minimum atomic E-state index is -2.26. The molecule has 0 radical (unpaired) electrons. The average Bonchev–Trinajstić information content (AvgIpc) is 2.35. The highest BCUT2D eigenvalue weighted by atomic mass is 16.7. The lowest BCUT2D eigenvalue weighted by Gasteiger charge is -2.33. The number of aliphatic hydroxyl groups is 2. The molecule has 5 heteroatoms. The minimum absolute atomic E-state index is 0.120. The Kier molecular flexibility index (Phi) is 5.41. The lowest BCUT2D eigenvalue weighted by Crippen LogP contribution is -2.52. The van der Waals surface area contributed by atoms with Crippen LogP contribution in [0.15, 0.2) is 25.3 Å². The van der Waals surface area contributed by atoms with Gasteiger partial charge in [-0.1, -0.05) is 27.0 Å². The van der Waals surface area contributed by atoms with Gasteiger partial charge in [0.25, 0.3) is 0 Å². The predicted octanol–water partition coefficient (Wildman–Crippen LogP) is 0.710. The van der Waals surface area contributed by atoms with Crippen LogP contribution in [-0.2, 0) is 14.3 Å². The van der Waals surface area contributed by atoms with Crippen molar-refractivity contribution in [1.82, 2.24) is 0 Å². The van der Waals surface area contributed by atoms with Gasteiger partial charge >= 0.3 is 0 Å². The fourth-order valence-electron chi connectivity index (χ4n) is 1.19. The highest BCUT2D eigenvalue weighted by molar-refractivity contribution is 5.97. The normalized spacial score (nSPS) is 17.6. The zero-order valence-electron chi connectivity index (χ0n) is 10.1. The van der Waals surface area contributed by atoms with Crippen molar-refractivity contribution in [3.63, 3.8) is 0 Å². The van der Waals surface area contributed by atoms with Crippen LogP contribution in [0, 0.1) is 0 Å². The summed E-state index contributed by atoms with van der Waals surface area (Å²) in [4.78, 5) is 22.9. The van der Waals surface area contributed by atoms with E-state index in [1.54, 1.807) is 0 Å². The first kappa shape index (κ1) is 15.7. The molecule has 0 aromatic carbocycles. The first-order valence-electron chi connectivity index (χ1n) is 5.28. The van der Waals surface area contributed by atoms with Crippen molar-refractivity contribution in [2.45, 2.75) is 38.3 Å². The summed E-state index contributed by atoms with van der Waals surface area (Å²) in [7, 11) is 0. The summed E-state index contributed by atoms with van der Waals surface area (Å²) in [5.74, 6) is -6.15. The maximum atomic E-state index is 11.4. The largest absolute Gasteiger partial charge is 0.359 e. The first-order valence-corrected chi connectivity index (χ1v) is 5.28. The number of carbonyl (C=O) groups is 2. The molecule has 0 aromatic heterocycles. The van der Waals surface area contributed by atoms with Crippen molar-refractivity contribution in [2.24, 2.45) is 0 Å². The molecule has 0 heterocycles. The summed E-state index contributed by atoms with van der Waals surface area (Å²) in [6, 6.07) is 0. The van der Waals surface area contributed by atoms with Gasteiger partial charge in [-0.05, 0) is 12.2 Å². The average molecular weight is 242 g/mol. The van der Waals surface area contributed by atoms with Crippen LogP contribution in [0.1, 0.15) is 26.7 Å². The van der Waals surface area contributed by atoms with E-state index in [1.165, 1.54) is 13.8 Å². The molecule has 2 unspecified atom stereocenters. The molecule has 17 heavy (non-hydrogen) atoms. The summed E-state index contributed by atoms with van der Waals surface area (Å²) in [6.07, 6.45) is 1.51. The Balaban J connectivity index is 5.23. The standard InChI is InChI=1S/C12H18O5/c1-5-9(13)11(15,7-3)17-12(16,8-4)10(14)6-2/h5-6,15-16H,1-2,7-8H2,3-4H3. The molecule has 0 saturated heterocycles. The van der Waals surface area contributed by atoms with E-state index < -0.39 is 23.1 Å². The van der Waals surface area contributed by atoms with Gasteiger partial charge in [-0.3, -0.25) is 9.59 Å². The quantitative estimate of drug-likeness (QED) is 0.484. The Labute approximate surface area is 100 Å². The van der Waals surface area contributed by atoms with E-state index in [0.717, 1.165) is 12.2 Å². The predicted molar refractivity (Wildman–Crippen MR) is 62.0 cm³/mol. The first-order chi connectivity index (χ1) is 7.79. The summed E-state index contributed by atoms with van der Waals surface area (Å²) in [5.41, 5.74) is 0. The van der Waals surface area contributed by atoms with Crippen LogP contribution in [0.4, 0.5) is 0 Å². The molecule has 0 amide bonds. The van der Waals surface area contributed by atoms with Gasteiger partial charge in [-0.25, -0.2) is 0 Å². The second-order valence-electron chi connectivity index (χ2n) is 3.51. The van der Waals surface area contributed by atoms with Crippen LogP contribution in [-0.4, -0.2) is 33.4 Å². The second-order valence-corrected chi connectivity index (χ2v) is 3.51. The molecule has 0 aromatic rings. The summed E-state index contributed by atoms with van der Waals surface area (Å²) >= 11 is 0.